The van der Waals surface area contributed by atoms with Crippen molar-refractivity contribution in [1.29, 1.82) is 0 Å². The Hall–Kier alpha value is -1.58. The van der Waals surface area contributed by atoms with Crippen LogP contribution in [0.5, 0.6) is 0 Å². The highest BCUT2D eigenvalue weighted by molar-refractivity contribution is 7.80. The fraction of sp³-hybridized carbons (Fsp3) is 0.133. The van der Waals surface area contributed by atoms with Crippen LogP contribution in [0.2, 0.25) is 5.02 Å². The topological polar surface area (TPSA) is 24.1 Å². The summed E-state index contributed by atoms with van der Waals surface area (Å²) < 4.78 is 0. The normalized spacial score (nSPS) is 17.9. The van der Waals surface area contributed by atoms with Gasteiger partial charge in [0.05, 0.1) is 10.7 Å². The number of hydrogen-bond acceptors (Lipinski definition) is 1. The SMILES string of the molecule is S=C1NCC(c2ccccc2)c2cccc(Cl)c2N1. The molecule has 0 saturated carbocycles. The second kappa shape index (κ2) is 5.19. The molecule has 2 nitrogen and oxygen atoms in total. The molecule has 1 atom stereocenters. The van der Waals surface area contributed by atoms with Gasteiger partial charge >= 0.3 is 0 Å². The summed E-state index contributed by atoms with van der Waals surface area (Å²) in [4.78, 5) is 0. The van der Waals surface area contributed by atoms with Crippen LogP contribution < -0.4 is 10.6 Å². The minimum Gasteiger partial charge on any atom is -0.361 e. The lowest BCUT2D eigenvalue weighted by molar-refractivity contribution is 0.772. The van der Waals surface area contributed by atoms with Crippen LogP contribution in [0.3, 0.4) is 0 Å². The highest BCUT2D eigenvalue weighted by Gasteiger charge is 2.22. The molecule has 0 aromatic heterocycles. The first-order valence-electron chi connectivity index (χ1n) is 6.14. The molecule has 0 fully saturated rings. The van der Waals surface area contributed by atoms with E-state index in [0.717, 1.165) is 12.2 Å². The molecule has 96 valence electrons. The van der Waals surface area contributed by atoms with Crippen molar-refractivity contribution >= 4 is 34.6 Å². The predicted octanol–water partition coefficient (Wildman–Crippen LogP) is 3.77. The molecule has 1 aliphatic heterocycles. The molecular weight excluding hydrogens is 276 g/mol. The van der Waals surface area contributed by atoms with Gasteiger partial charge in [-0.05, 0) is 29.4 Å². The molecule has 0 bridgehead atoms. The third-order valence-corrected chi connectivity index (χ3v) is 3.89. The number of thiocarbonyl (C=S) groups is 1. The van der Waals surface area contributed by atoms with E-state index in [-0.39, 0.29) is 5.92 Å². The summed E-state index contributed by atoms with van der Waals surface area (Å²) in [5.74, 6) is 0.239. The molecule has 3 rings (SSSR count). The van der Waals surface area contributed by atoms with Gasteiger partial charge in [-0.1, -0.05) is 54.1 Å². The van der Waals surface area contributed by atoms with Crippen LogP contribution in [0.15, 0.2) is 48.5 Å². The Balaban J connectivity index is 2.13. The van der Waals surface area contributed by atoms with Gasteiger partial charge in [0.25, 0.3) is 0 Å². The molecule has 2 N–H and O–H groups in total. The molecule has 2 aromatic rings. The van der Waals surface area contributed by atoms with Gasteiger partial charge < -0.3 is 10.6 Å². The van der Waals surface area contributed by atoms with Crippen molar-refractivity contribution in [3.8, 4) is 0 Å². The number of hydrogen-bond donors (Lipinski definition) is 2. The molecule has 1 unspecified atom stereocenters. The van der Waals surface area contributed by atoms with Crippen molar-refractivity contribution in [1.82, 2.24) is 5.32 Å². The van der Waals surface area contributed by atoms with Gasteiger partial charge in [0.2, 0.25) is 0 Å². The Morgan fingerprint density at radius 1 is 1.05 bits per heavy atom. The quantitative estimate of drug-likeness (QED) is 0.781. The van der Waals surface area contributed by atoms with Gasteiger partial charge in [0.1, 0.15) is 0 Å². The van der Waals surface area contributed by atoms with Gasteiger partial charge in [0, 0.05) is 12.5 Å². The van der Waals surface area contributed by atoms with E-state index in [1.165, 1.54) is 11.1 Å². The molecule has 19 heavy (non-hydrogen) atoms. The smallest absolute Gasteiger partial charge is 0.170 e. The lowest BCUT2D eigenvalue weighted by atomic mass is 9.90. The maximum absolute atomic E-state index is 6.28. The highest BCUT2D eigenvalue weighted by atomic mass is 35.5. The summed E-state index contributed by atoms with van der Waals surface area (Å²) in [6, 6.07) is 16.3. The van der Waals surface area contributed by atoms with Crippen molar-refractivity contribution < 1.29 is 0 Å². The Morgan fingerprint density at radius 3 is 2.63 bits per heavy atom. The molecule has 1 aliphatic rings. The van der Waals surface area contributed by atoms with E-state index in [1.54, 1.807) is 0 Å². The maximum Gasteiger partial charge on any atom is 0.170 e. The maximum atomic E-state index is 6.28. The molecular formula is C15H13ClN2S. The number of anilines is 1. The largest absolute Gasteiger partial charge is 0.361 e. The Kier molecular flexibility index (Phi) is 3.40. The van der Waals surface area contributed by atoms with E-state index in [1.807, 2.05) is 18.2 Å². The summed E-state index contributed by atoms with van der Waals surface area (Å²) in [5.41, 5.74) is 3.34. The fourth-order valence-electron chi connectivity index (χ4n) is 2.41. The zero-order valence-electron chi connectivity index (χ0n) is 10.2. The first kappa shape index (κ1) is 12.5. The molecule has 0 radical (unpaired) electrons. The van der Waals surface area contributed by atoms with Crippen molar-refractivity contribution in [3.05, 3.63) is 64.7 Å². The van der Waals surface area contributed by atoms with E-state index in [9.17, 15) is 0 Å². The summed E-state index contributed by atoms with van der Waals surface area (Å²) in [5, 5.41) is 7.72. The Labute approximate surface area is 122 Å². The molecule has 1 heterocycles. The van der Waals surface area contributed by atoms with Gasteiger partial charge in [0.15, 0.2) is 5.11 Å². The standard InChI is InChI=1S/C15H13ClN2S/c16-13-8-4-7-11-12(10-5-2-1-3-6-10)9-17-15(19)18-14(11)13/h1-8,12H,9H2,(H2,17,18,19). The fourth-order valence-corrected chi connectivity index (χ4v) is 2.82. The third-order valence-electron chi connectivity index (χ3n) is 3.33. The first-order valence-corrected chi connectivity index (χ1v) is 6.92. The van der Waals surface area contributed by atoms with Gasteiger partial charge in [-0.15, -0.1) is 0 Å². The van der Waals surface area contributed by atoms with Crippen LogP contribution in [0.25, 0.3) is 0 Å². The monoisotopic (exact) mass is 288 g/mol. The molecule has 4 heteroatoms. The minimum absolute atomic E-state index is 0.239. The van der Waals surface area contributed by atoms with Crippen LogP contribution in [0.4, 0.5) is 5.69 Å². The number of rotatable bonds is 1. The second-order valence-corrected chi connectivity index (χ2v) is 5.32. The van der Waals surface area contributed by atoms with E-state index in [0.29, 0.717) is 10.1 Å². The zero-order chi connectivity index (χ0) is 13.2. The van der Waals surface area contributed by atoms with Crippen LogP contribution in [0, 0.1) is 0 Å². The number of halogens is 1. The number of nitrogens with one attached hydrogen (secondary N) is 2. The first-order chi connectivity index (χ1) is 9.25. The van der Waals surface area contributed by atoms with E-state index in [4.69, 9.17) is 23.8 Å². The summed E-state index contributed by atoms with van der Waals surface area (Å²) in [6.45, 7) is 0.767. The van der Waals surface area contributed by atoms with Crippen molar-refractivity contribution in [2.75, 3.05) is 11.9 Å². The zero-order valence-corrected chi connectivity index (χ0v) is 11.8. The minimum atomic E-state index is 0.239. The molecule has 0 saturated heterocycles. The highest BCUT2D eigenvalue weighted by Crippen LogP contribution is 2.36. The van der Waals surface area contributed by atoms with Crippen LogP contribution in [0.1, 0.15) is 17.0 Å². The predicted molar refractivity (Wildman–Crippen MR) is 84.0 cm³/mol. The Morgan fingerprint density at radius 2 is 1.84 bits per heavy atom. The van der Waals surface area contributed by atoms with Gasteiger partial charge in [-0.3, -0.25) is 0 Å². The third kappa shape index (κ3) is 2.44. The second-order valence-electron chi connectivity index (χ2n) is 4.50. The van der Waals surface area contributed by atoms with Crippen molar-refractivity contribution in [3.63, 3.8) is 0 Å². The average molecular weight is 289 g/mol. The summed E-state index contributed by atoms with van der Waals surface area (Å²) in [6.07, 6.45) is 0. The molecule has 0 amide bonds. The average Bonchev–Trinajstić information content (AvgIpc) is 2.60. The summed E-state index contributed by atoms with van der Waals surface area (Å²) in [7, 11) is 0. The lowest BCUT2D eigenvalue weighted by Crippen LogP contribution is -2.28. The van der Waals surface area contributed by atoms with Crippen molar-refractivity contribution in [2.24, 2.45) is 0 Å². The number of fused-ring (bicyclic) bond motifs is 1. The van der Waals surface area contributed by atoms with Crippen LogP contribution in [-0.4, -0.2) is 11.7 Å². The Bertz CT molecular complexity index is 613. The molecule has 0 spiro atoms. The summed E-state index contributed by atoms with van der Waals surface area (Å²) >= 11 is 11.5. The van der Waals surface area contributed by atoms with Crippen LogP contribution in [-0.2, 0) is 0 Å². The van der Waals surface area contributed by atoms with E-state index < -0.39 is 0 Å². The number of benzene rings is 2. The van der Waals surface area contributed by atoms with E-state index >= 15 is 0 Å². The lowest BCUT2D eigenvalue weighted by Gasteiger charge is -2.17. The number of para-hydroxylation sites is 1. The van der Waals surface area contributed by atoms with Gasteiger partial charge in [-0.2, -0.15) is 0 Å². The van der Waals surface area contributed by atoms with Crippen molar-refractivity contribution in [2.45, 2.75) is 5.92 Å². The van der Waals surface area contributed by atoms with Crippen LogP contribution >= 0.6 is 23.8 Å². The molecule has 0 aliphatic carbocycles. The van der Waals surface area contributed by atoms with E-state index in [2.05, 4.69) is 41.0 Å². The van der Waals surface area contributed by atoms with Gasteiger partial charge in [-0.25, -0.2) is 0 Å². The molecule has 2 aromatic carbocycles.